The number of rotatable bonds is 5. The molecule has 0 spiro atoms. The molecule has 132 valence electrons. The first-order chi connectivity index (χ1) is 12.5. The number of carbonyl (C=O) groups excluding carboxylic acids is 3. The molecule has 1 aliphatic rings. The van der Waals surface area contributed by atoms with Gasteiger partial charge in [0.05, 0.1) is 18.2 Å². The third-order valence-electron chi connectivity index (χ3n) is 3.80. The van der Waals surface area contributed by atoms with E-state index in [1.165, 1.54) is 19.2 Å². The van der Waals surface area contributed by atoms with Crippen LogP contribution in [-0.2, 0) is 9.63 Å². The van der Waals surface area contributed by atoms with E-state index < -0.39 is 24.3 Å². The lowest BCUT2D eigenvalue weighted by Crippen LogP contribution is -2.35. The van der Waals surface area contributed by atoms with Gasteiger partial charge in [0.25, 0.3) is 11.8 Å². The number of benzene rings is 2. The zero-order chi connectivity index (χ0) is 18.7. The Labute approximate surface area is 148 Å². The Bertz CT molecular complexity index is 870. The molecule has 0 radical (unpaired) electrons. The summed E-state index contributed by atoms with van der Waals surface area (Å²) in [6.07, 6.45) is 0. The van der Waals surface area contributed by atoms with E-state index in [9.17, 15) is 14.4 Å². The molecule has 2 amide bonds. The molecule has 0 aromatic heterocycles. The molecule has 8 nitrogen and oxygen atoms in total. The summed E-state index contributed by atoms with van der Waals surface area (Å²) in [5.41, 5.74) is 6.79. The highest BCUT2D eigenvalue weighted by Crippen LogP contribution is 2.22. The highest BCUT2D eigenvalue weighted by atomic mass is 16.7. The van der Waals surface area contributed by atoms with Crippen LogP contribution in [0.5, 0.6) is 5.75 Å². The number of fused-ring (bicyclic) bond motifs is 1. The van der Waals surface area contributed by atoms with Crippen molar-refractivity contribution < 1.29 is 24.0 Å². The molecule has 0 bridgehead atoms. The average molecular weight is 353 g/mol. The number of ether oxygens (including phenoxy) is 1. The van der Waals surface area contributed by atoms with Gasteiger partial charge in [0.15, 0.2) is 5.84 Å². The number of nitrogens with two attached hydrogens (primary N) is 1. The Kier molecular flexibility index (Phi) is 4.66. The lowest BCUT2D eigenvalue weighted by molar-refractivity contribution is -0.143. The van der Waals surface area contributed by atoms with Gasteiger partial charge in [-0.05, 0) is 36.4 Å². The third-order valence-corrected chi connectivity index (χ3v) is 3.80. The molecule has 2 aromatic carbocycles. The molecule has 0 saturated carbocycles. The molecule has 0 saturated heterocycles. The molecule has 0 fully saturated rings. The van der Waals surface area contributed by atoms with Crippen molar-refractivity contribution >= 4 is 23.6 Å². The Morgan fingerprint density at radius 1 is 1.04 bits per heavy atom. The maximum atomic E-state index is 12.2. The van der Waals surface area contributed by atoms with Crippen LogP contribution in [0.25, 0.3) is 0 Å². The predicted octanol–water partition coefficient (Wildman–Crippen LogP) is 1.15. The molecular formula is C18H15N3O5. The van der Waals surface area contributed by atoms with Crippen LogP contribution in [0.3, 0.4) is 0 Å². The molecule has 2 aromatic rings. The number of amidine groups is 1. The fraction of sp³-hybridized carbons (Fsp3) is 0.111. The van der Waals surface area contributed by atoms with Crippen LogP contribution < -0.4 is 10.5 Å². The van der Waals surface area contributed by atoms with Crippen LogP contribution in [-0.4, -0.2) is 42.2 Å². The molecular weight excluding hydrogens is 338 g/mol. The topological polar surface area (TPSA) is 111 Å². The molecule has 0 unspecified atom stereocenters. The summed E-state index contributed by atoms with van der Waals surface area (Å²) < 4.78 is 5.03. The maximum absolute atomic E-state index is 12.2. The molecule has 0 atom stereocenters. The van der Waals surface area contributed by atoms with Crippen LogP contribution in [0.2, 0.25) is 0 Å². The zero-order valence-corrected chi connectivity index (χ0v) is 13.8. The monoisotopic (exact) mass is 353 g/mol. The summed E-state index contributed by atoms with van der Waals surface area (Å²) >= 11 is 0. The summed E-state index contributed by atoms with van der Waals surface area (Å²) in [4.78, 5) is 41.8. The molecule has 1 aliphatic heterocycles. The molecule has 8 heteroatoms. The third kappa shape index (κ3) is 3.25. The van der Waals surface area contributed by atoms with Crippen molar-refractivity contribution in [1.82, 2.24) is 4.90 Å². The zero-order valence-electron chi connectivity index (χ0n) is 13.8. The van der Waals surface area contributed by atoms with Crippen molar-refractivity contribution in [2.75, 3.05) is 13.7 Å². The number of hydrogen-bond acceptors (Lipinski definition) is 6. The van der Waals surface area contributed by atoms with Crippen LogP contribution in [0.4, 0.5) is 0 Å². The first-order valence-corrected chi connectivity index (χ1v) is 7.64. The first-order valence-electron chi connectivity index (χ1n) is 7.64. The van der Waals surface area contributed by atoms with E-state index in [2.05, 4.69) is 5.16 Å². The number of amides is 2. The Morgan fingerprint density at radius 3 is 2.15 bits per heavy atom. The minimum Gasteiger partial charge on any atom is -0.497 e. The summed E-state index contributed by atoms with van der Waals surface area (Å²) in [7, 11) is 1.54. The largest absolute Gasteiger partial charge is 0.497 e. The molecule has 3 rings (SSSR count). The van der Waals surface area contributed by atoms with Gasteiger partial charge in [0.2, 0.25) is 0 Å². The summed E-state index contributed by atoms with van der Waals surface area (Å²) in [6.45, 7) is -0.550. The van der Waals surface area contributed by atoms with E-state index in [0.717, 1.165) is 4.90 Å². The van der Waals surface area contributed by atoms with E-state index >= 15 is 0 Å². The van der Waals surface area contributed by atoms with Crippen molar-refractivity contribution in [3.63, 3.8) is 0 Å². The minimum atomic E-state index is -0.879. The van der Waals surface area contributed by atoms with Gasteiger partial charge in [-0.25, -0.2) is 4.79 Å². The second-order valence-corrected chi connectivity index (χ2v) is 5.41. The minimum absolute atomic E-state index is 0.0247. The van der Waals surface area contributed by atoms with Crippen molar-refractivity contribution in [3.8, 4) is 5.75 Å². The van der Waals surface area contributed by atoms with Crippen molar-refractivity contribution in [1.29, 1.82) is 0 Å². The van der Waals surface area contributed by atoms with Gasteiger partial charge in [-0.2, -0.15) is 0 Å². The number of methoxy groups -OCH3 is 1. The summed E-state index contributed by atoms with van der Waals surface area (Å²) in [5, 5.41) is 3.55. The van der Waals surface area contributed by atoms with E-state index in [4.69, 9.17) is 15.3 Å². The Balaban J connectivity index is 1.64. The number of nitrogens with zero attached hydrogens (tertiary/aromatic N) is 2. The molecule has 1 heterocycles. The number of hydrogen-bond donors (Lipinski definition) is 1. The number of imide groups is 1. The highest BCUT2D eigenvalue weighted by molar-refractivity contribution is 6.22. The summed E-state index contributed by atoms with van der Waals surface area (Å²) in [6, 6.07) is 13.0. The number of oxime groups is 1. The van der Waals surface area contributed by atoms with Crippen LogP contribution in [0, 0.1) is 0 Å². The number of carbonyl (C=O) groups is 3. The van der Waals surface area contributed by atoms with Gasteiger partial charge in [0, 0.05) is 5.56 Å². The molecule has 2 N–H and O–H groups in total. The lowest BCUT2D eigenvalue weighted by atomic mass is 10.1. The molecule has 26 heavy (non-hydrogen) atoms. The fourth-order valence-corrected chi connectivity index (χ4v) is 2.46. The fourth-order valence-electron chi connectivity index (χ4n) is 2.46. The highest BCUT2D eigenvalue weighted by Gasteiger charge is 2.36. The van der Waals surface area contributed by atoms with Crippen molar-refractivity contribution in [2.45, 2.75) is 0 Å². The Hall–Kier alpha value is -3.68. The van der Waals surface area contributed by atoms with E-state index in [1.807, 2.05) is 0 Å². The maximum Gasteiger partial charge on any atom is 0.354 e. The second kappa shape index (κ2) is 7.06. The van der Waals surface area contributed by atoms with Gasteiger partial charge >= 0.3 is 5.97 Å². The van der Waals surface area contributed by atoms with Gasteiger partial charge < -0.3 is 15.3 Å². The summed E-state index contributed by atoms with van der Waals surface area (Å²) in [5.74, 6) is -1.35. The van der Waals surface area contributed by atoms with Crippen LogP contribution >= 0.6 is 0 Å². The van der Waals surface area contributed by atoms with Crippen molar-refractivity contribution in [2.24, 2.45) is 10.9 Å². The average Bonchev–Trinajstić information content (AvgIpc) is 2.91. The van der Waals surface area contributed by atoms with Crippen LogP contribution in [0.15, 0.2) is 53.7 Å². The normalized spacial score (nSPS) is 13.6. The van der Waals surface area contributed by atoms with E-state index in [-0.39, 0.29) is 17.0 Å². The quantitative estimate of drug-likeness (QED) is 0.284. The van der Waals surface area contributed by atoms with Gasteiger partial charge in [-0.15, -0.1) is 0 Å². The standard InChI is InChI=1S/C18H15N3O5/c1-25-12-8-6-11(7-9-12)16(19)20-26-15(22)10-21-17(23)13-4-2-3-5-14(13)18(21)24/h2-9H,10H2,1H3,(H2,19,20). The molecule has 0 aliphatic carbocycles. The van der Waals surface area contributed by atoms with E-state index in [0.29, 0.717) is 11.3 Å². The van der Waals surface area contributed by atoms with Gasteiger partial charge in [-0.1, -0.05) is 17.3 Å². The van der Waals surface area contributed by atoms with Gasteiger partial charge in [0.1, 0.15) is 12.3 Å². The predicted molar refractivity (Wildman–Crippen MR) is 91.6 cm³/mol. The van der Waals surface area contributed by atoms with Crippen LogP contribution in [0.1, 0.15) is 26.3 Å². The first kappa shape index (κ1) is 17.2. The SMILES string of the molecule is COc1ccc(/C(N)=N\OC(=O)CN2C(=O)c3ccccc3C2=O)cc1. The smallest absolute Gasteiger partial charge is 0.354 e. The van der Waals surface area contributed by atoms with Gasteiger partial charge in [-0.3, -0.25) is 14.5 Å². The van der Waals surface area contributed by atoms with E-state index in [1.54, 1.807) is 36.4 Å². The lowest BCUT2D eigenvalue weighted by Gasteiger charge is -2.11. The Morgan fingerprint density at radius 2 is 1.62 bits per heavy atom. The second-order valence-electron chi connectivity index (χ2n) is 5.41. The van der Waals surface area contributed by atoms with Crippen molar-refractivity contribution in [3.05, 3.63) is 65.2 Å².